The van der Waals surface area contributed by atoms with Crippen molar-refractivity contribution in [1.82, 2.24) is 9.88 Å². The van der Waals surface area contributed by atoms with Crippen LogP contribution in [0, 0.1) is 0 Å². The van der Waals surface area contributed by atoms with Gasteiger partial charge in [-0.1, -0.05) is 11.6 Å². The first-order valence-corrected chi connectivity index (χ1v) is 9.47. The van der Waals surface area contributed by atoms with Crippen LogP contribution < -0.4 is 5.32 Å². The van der Waals surface area contributed by atoms with Crippen LogP contribution in [0.3, 0.4) is 0 Å². The van der Waals surface area contributed by atoms with Gasteiger partial charge in [-0.05, 0) is 59.4 Å². The zero-order chi connectivity index (χ0) is 18.2. The Morgan fingerprint density at radius 3 is 2.52 bits per heavy atom. The molecule has 25 heavy (non-hydrogen) atoms. The number of carbonyl (C=O) groups excluding carboxylic acids is 1. The van der Waals surface area contributed by atoms with Gasteiger partial charge in [-0.2, -0.15) is 0 Å². The van der Waals surface area contributed by atoms with E-state index in [1.165, 1.54) is 6.42 Å². The summed E-state index contributed by atoms with van der Waals surface area (Å²) in [5.41, 5.74) is 0.0638. The summed E-state index contributed by atoms with van der Waals surface area (Å²) < 4.78 is 6.11. The molecule has 5 nitrogen and oxygen atoms in total. The summed E-state index contributed by atoms with van der Waals surface area (Å²) in [6.07, 6.45) is 5.82. The van der Waals surface area contributed by atoms with E-state index in [1.54, 1.807) is 12.3 Å². The van der Waals surface area contributed by atoms with E-state index in [4.69, 9.17) is 16.3 Å². The molecular formula is C19H28ClN3O2. The third kappa shape index (κ3) is 4.09. The smallest absolute Gasteiger partial charge is 0.255 e. The first-order valence-electron chi connectivity index (χ1n) is 9.09. The van der Waals surface area contributed by atoms with E-state index in [0.29, 0.717) is 16.4 Å². The summed E-state index contributed by atoms with van der Waals surface area (Å²) in [7, 11) is 0. The van der Waals surface area contributed by atoms with E-state index < -0.39 is 0 Å². The number of carbonyl (C=O) groups is 1. The number of likely N-dealkylation sites (tertiary alicyclic amines) is 1. The molecule has 1 unspecified atom stereocenters. The largest absolute Gasteiger partial charge is 0.367 e. The molecule has 0 aromatic carbocycles. The van der Waals surface area contributed by atoms with Crippen LogP contribution in [0.1, 0.15) is 63.7 Å². The maximum atomic E-state index is 12.6. The van der Waals surface area contributed by atoms with Crippen molar-refractivity contribution in [2.45, 2.75) is 70.6 Å². The molecule has 2 saturated heterocycles. The Bertz CT molecular complexity index is 654. The Kier molecular flexibility index (Phi) is 5.00. The topological polar surface area (TPSA) is 54.5 Å². The monoisotopic (exact) mass is 365 g/mol. The summed E-state index contributed by atoms with van der Waals surface area (Å²) in [6, 6.07) is 1.83. The third-order valence-electron chi connectivity index (χ3n) is 5.12. The summed E-state index contributed by atoms with van der Waals surface area (Å²) >= 11 is 6.42. The van der Waals surface area contributed by atoms with Crippen LogP contribution in [0.15, 0.2) is 12.3 Å². The quantitative estimate of drug-likeness (QED) is 0.875. The molecule has 2 aliphatic heterocycles. The third-order valence-corrected chi connectivity index (χ3v) is 5.40. The Labute approximate surface area is 155 Å². The van der Waals surface area contributed by atoms with Gasteiger partial charge in [0.15, 0.2) is 0 Å². The molecule has 3 heterocycles. The van der Waals surface area contributed by atoms with Gasteiger partial charge in [0.2, 0.25) is 0 Å². The van der Waals surface area contributed by atoms with Crippen molar-refractivity contribution in [3.05, 3.63) is 22.8 Å². The maximum absolute atomic E-state index is 12.6. The van der Waals surface area contributed by atoms with E-state index >= 15 is 0 Å². The van der Waals surface area contributed by atoms with Crippen molar-refractivity contribution in [1.29, 1.82) is 0 Å². The standard InChI is InChI=1S/C19H28ClN3O2/c1-18(2)11-15(19(3,4)25-18)22-16-14(20)10-13(12-21-16)17(24)23-8-6-5-7-9-23/h10,12,15H,5-9,11H2,1-4H3,(H,21,22). The molecule has 1 atom stereocenters. The molecule has 1 aromatic heterocycles. The number of piperidine rings is 1. The average molecular weight is 366 g/mol. The lowest BCUT2D eigenvalue weighted by atomic mass is 9.94. The summed E-state index contributed by atoms with van der Waals surface area (Å²) in [6.45, 7) is 9.96. The normalized spacial score (nSPS) is 25.0. The predicted octanol–water partition coefficient (Wildman–Crippen LogP) is 4.12. The molecule has 6 heteroatoms. The summed E-state index contributed by atoms with van der Waals surface area (Å²) in [5, 5.41) is 3.88. The van der Waals surface area contributed by atoms with Gasteiger partial charge in [-0.3, -0.25) is 4.79 Å². The second-order valence-electron chi connectivity index (χ2n) is 8.27. The molecule has 3 rings (SSSR count). The minimum atomic E-state index is -0.309. The number of pyridine rings is 1. The molecule has 0 spiro atoms. The number of nitrogens with one attached hydrogen (secondary N) is 1. The Balaban J connectivity index is 1.73. The number of anilines is 1. The molecular weight excluding hydrogens is 338 g/mol. The average Bonchev–Trinajstić information content (AvgIpc) is 2.76. The van der Waals surface area contributed by atoms with Crippen molar-refractivity contribution in [2.75, 3.05) is 18.4 Å². The Morgan fingerprint density at radius 2 is 1.96 bits per heavy atom. The van der Waals surface area contributed by atoms with Gasteiger partial charge < -0.3 is 15.0 Å². The van der Waals surface area contributed by atoms with Crippen molar-refractivity contribution in [3.63, 3.8) is 0 Å². The van der Waals surface area contributed by atoms with Crippen molar-refractivity contribution in [3.8, 4) is 0 Å². The van der Waals surface area contributed by atoms with E-state index in [0.717, 1.165) is 32.4 Å². The predicted molar refractivity (Wildman–Crippen MR) is 100 cm³/mol. The van der Waals surface area contributed by atoms with Gasteiger partial charge in [-0.15, -0.1) is 0 Å². The highest BCUT2D eigenvalue weighted by Gasteiger charge is 2.46. The number of hydrogen-bond donors (Lipinski definition) is 1. The van der Waals surface area contributed by atoms with E-state index in [1.807, 2.05) is 4.90 Å². The van der Waals surface area contributed by atoms with Gasteiger partial charge in [0.1, 0.15) is 5.82 Å². The van der Waals surface area contributed by atoms with Crippen molar-refractivity contribution < 1.29 is 9.53 Å². The zero-order valence-electron chi connectivity index (χ0n) is 15.6. The number of rotatable bonds is 3. The fourth-order valence-electron chi connectivity index (χ4n) is 3.89. The van der Waals surface area contributed by atoms with E-state index in [2.05, 4.69) is 38.0 Å². The number of hydrogen-bond acceptors (Lipinski definition) is 4. The van der Waals surface area contributed by atoms with E-state index in [9.17, 15) is 4.79 Å². The lowest BCUT2D eigenvalue weighted by Crippen LogP contribution is -2.38. The number of halogens is 1. The first kappa shape index (κ1) is 18.5. The van der Waals surface area contributed by atoms with Crippen LogP contribution in [-0.2, 0) is 4.74 Å². The molecule has 0 aliphatic carbocycles. The minimum absolute atomic E-state index is 0.0197. The lowest BCUT2D eigenvalue weighted by Gasteiger charge is -2.28. The molecule has 0 saturated carbocycles. The SMILES string of the molecule is CC1(C)CC(Nc2ncc(C(=O)N3CCCCC3)cc2Cl)C(C)(C)O1. The highest BCUT2D eigenvalue weighted by atomic mass is 35.5. The Hall–Kier alpha value is -1.33. The van der Waals surface area contributed by atoms with Crippen molar-refractivity contribution in [2.24, 2.45) is 0 Å². The number of aromatic nitrogens is 1. The van der Waals surface area contributed by atoms with Crippen LogP contribution in [0.5, 0.6) is 0 Å². The minimum Gasteiger partial charge on any atom is -0.367 e. The van der Waals surface area contributed by atoms with Gasteiger partial charge in [0.25, 0.3) is 5.91 Å². The number of ether oxygens (including phenoxy) is 1. The fourth-order valence-corrected chi connectivity index (χ4v) is 4.11. The summed E-state index contributed by atoms with van der Waals surface area (Å²) in [5.74, 6) is 0.627. The number of nitrogens with zero attached hydrogens (tertiary/aromatic N) is 2. The molecule has 1 N–H and O–H groups in total. The molecule has 2 fully saturated rings. The van der Waals surface area contributed by atoms with Crippen molar-refractivity contribution >= 4 is 23.3 Å². The molecule has 0 radical (unpaired) electrons. The maximum Gasteiger partial charge on any atom is 0.255 e. The second kappa shape index (κ2) is 6.76. The molecule has 1 aromatic rings. The fraction of sp³-hybridized carbons (Fsp3) is 0.684. The number of amides is 1. The first-order chi connectivity index (χ1) is 11.7. The van der Waals surface area contributed by atoms with Crippen LogP contribution in [0.25, 0.3) is 0 Å². The van der Waals surface area contributed by atoms with Gasteiger partial charge in [0.05, 0.1) is 27.8 Å². The van der Waals surface area contributed by atoms with Gasteiger partial charge >= 0.3 is 0 Å². The highest BCUT2D eigenvalue weighted by molar-refractivity contribution is 6.33. The second-order valence-corrected chi connectivity index (χ2v) is 8.68. The van der Waals surface area contributed by atoms with Gasteiger partial charge in [0, 0.05) is 19.3 Å². The van der Waals surface area contributed by atoms with Crippen LogP contribution in [0.4, 0.5) is 5.82 Å². The van der Waals surface area contributed by atoms with Gasteiger partial charge in [-0.25, -0.2) is 4.98 Å². The van der Waals surface area contributed by atoms with Crippen LogP contribution >= 0.6 is 11.6 Å². The van der Waals surface area contributed by atoms with Crippen LogP contribution in [-0.4, -0.2) is 46.1 Å². The molecule has 138 valence electrons. The molecule has 1 amide bonds. The molecule has 0 bridgehead atoms. The zero-order valence-corrected chi connectivity index (χ0v) is 16.3. The molecule has 2 aliphatic rings. The Morgan fingerprint density at radius 1 is 1.28 bits per heavy atom. The lowest BCUT2D eigenvalue weighted by molar-refractivity contribution is -0.0662. The highest BCUT2D eigenvalue weighted by Crippen LogP contribution is 2.39. The van der Waals surface area contributed by atoms with Crippen LogP contribution in [0.2, 0.25) is 5.02 Å². The summed E-state index contributed by atoms with van der Waals surface area (Å²) in [4.78, 5) is 18.9. The van der Waals surface area contributed by atoms with E-state index in [-0.39, 0.29) is 23.2 Å².